The predicted octanol–water partition coefficient (Wildman–Crippen LogP) is 7.31. The Kier molecular flexibility index (Phi) is 6.67. The number of hydrogen-bond donors (Lipinski definition) is 2. The van der Waals surface area contributed by atoms with E-state index in [9.17, 15) is 10.2 Å². The van der Waals surface area contributed by atoms with Gasteiger partial charge < -0.3 is 10.2 Å². The van der Waals surface area contributed by atoms with Crippen molar-refractivity contribution in [2.75, 3.05) is 0 Å². The third-order valence-electron chi connectivity index (χ3n) is 5.00. The summed E-state index contributed by atoms with van der Waals surface area (Å²) in [4.78, 5) is 9.45. The molecule has 33 heavy (non-hydrogen) atoms. The zero-order valence-corrected chi connectivity index (χ0v) is 18.4. The molecule has 0 aliphatic carbocycles. The lowest BCUT2D eigenvalue weighted by atomic mass is 10.0. The first-order valence-corrected chi connectivity index (χ1v) is 10.6. The van der Waals surface area contributed by atoms with Crippen LogP contribution in [0.25, 0.3) is 6.08 Å². The molecule has 5 heteroatoms. The summed E-state index contributed by atoms with van der Waals surface area (Å²) < 4.78 is 0. The third-order valence-corrected chi connectivity index (χ3v) is 5.24. The molecule has 0 aliphatic heterocycles. The van der Waals surface area contributed by atoms with Crippen LogP contribution in [-0.4, -0.2) is 22.1 Å². The first kappa shape index (κ1) is 22.1. The summed E-state index contributed by atoms with van der Waals surface area (Å²) in [6.07, 6.45) is 3.30. The van der Waals surface area contributed by atoms with E-state index in [4.69, 9.17) is 16.6 Å². The van der Waals surface area contributed by atoms with Crippen LogP contribution in [0, 0.1) is 0 Å². The number of nitrogens with zero attached hydrogens (tertiary/aromatic N) is 2. The number of aliphatic imine (C=N–C) groups is 2. The molecule has 4 aromatic rings. The van der Waals surface area contributed by atoms with Crippen molar-refractivity contribution in [3.05, 3.63) is 125 Å². The first-order chi connectivity index (χ1) is 16.0. The van der Waals surface area contributed by atoms with Gasteiger partial charge in [-0.15, -0.1) is 0 Å². The van der Waals surface area contributed by atoms with Gasteiger partial charge in [-0.05, 0) is 48.0 Å². The molecule has 0 unspecified atom stereocenters. The van der Waals surface area contributed by atoms with Crippen molar-refractivity contribution in [3.8, 4) is 11.5 Å². The lowest BCUT2D eigenvalue weighted by molar-refractivity contribution is 0.474. The standard InChI is InChI=1S/C28H21ClN2O2/c1-2-19-12-14-26(32)21(16-19)18-30-24-10-6-7-11-25(24)31-28(20-8-4-3-5-9-20)23-17-22(29)13-15-27(23)33/h2-18,32-33H,1H2. The largest absolute Gasteiger partial charge is 0.507 e. The van der Waals surface area contributed by atoms with Crippen LogP contribution >= 0.6 is 11.6 Å². The second-order valence-electron chi connectivity index (χ2n) is 7.26. The summed E-state index contributed by atoms with van der Waals surface area (Å²) in [6.45, 7) is 3.76. The summed E-state index contributed by atoms with van der Waals surface area (Å²) in [5.74, 6) is 0.202. The number of aromatic hydroxyl groups is 2. The topological polar surface area (TPSA) is 65.2 Å². The number of phenolic OH excluding ortho intramolecular Hbond substituents is 2. The molecule has 0 heterocycles. The maximum absolute atomic E-state index is 10.5. The van der Waals surface area contributed by atoms with Gasteiger partial charge in [0.15, 0.2) is 0 Å². The van der Waals surface area contributed by atoms with E-state index in [-0.39, 0.29) is 11.5 Å². The van der Waals surface area contributed by atoms with Crippen LogP contribution in [0.5, 0.6) is 11.5 Å². The van der Waals surface area contributed by atoms with Crippen LogP contribution in [-0.2, 0) is 0 Å². The van der Waals surface area contributed by atoms with Gasteiger partial charge in [-0.25, -0.2) is 4.99 Å². The zero-order chi connectivity index (χ0) is 23.2. The average molecular weight is 453 g/mol. The number of phenols is 2. The van der Waals surface area contributed by atoms with Gasteiger partial charge in [0.05, 0.1) is 17.1 Å². The lowest BCUT2D eigenvalue weighted by Gasteiger charge is -2.11. The molecule has 4 rings (SSSR count). The fraction of sp³-hybridized carbons (Fsp3) is 0. The molecule has 4 nitrogen and oxygen atoms in total. The van der Waals surface area contributed by atoms with Crippen LogP contribution < -0.4 is 0 Å². The van der Waals surface area contributed by atoms with Crippen LogP contribution in [0.15, 0.2) is 108 Å². The Hall–Kier alpha value is -4.15. The highest BCUT2D eigenvalue weighted by Gasteiger charge is 2.14. The highest BCUT2D eigenvalue weighted by molar-refractivity contribution is 6.31. The van der Waals surface area contributed by atoms with Gasteiger partial charge in [0.1, 0.15) is 11.5 Å². The molecule has 0 amide bonds. The van der Waals surface area contributed by atoms with Gasteiger partial charge in [0.2, 0.25) is 0 Å². The van der Waals surface area contributed by atoms with Crippen molar-refractivity contribution >= 4 is 41.0 Å². The Balaban J connectivity index is 1.83. The Bertz CT molecular complexity index is 1360. The molecule has 0 radical (unpaired) electrons. The van der Waals surface area contributed by atoms with E-state index in [1.54, 1.807) is 48.7 Å². The predicted molar refractivity (Wildman–Crippen MR) is 137 cm³/mol. The zero-order valence-electron chi connectivity index (χ0n) is 17.7. The van der Waals surface area contributed by atoms with E-state index in [2.05, 4.69) is 11.6 Å². The summed E-state index contributed by atoms with van der Waals surface area (Å²) in [7, 11) is 0. The summed E-state index contributed by atoms with van der Waals surface area (Å²) >= 11 is 6.22. The fourth-order valence-corrected chi connectivity index (χ4v) is 3.48. The number of benzene rings is 4. The molecule has 0 aliphatic rings. The molecule has 0 spiro atoms. The van der Waals surface area contributed by atoms with E-state index in [0.29, 0.717) is 33.2 Å². The Morgan fingerprint density at radius 3 is 2.24 bits per heavy atom. The SMILES string of the molecule is C=Cc1ccc(O)c(C=Nc2ccccc2N=C(c2ccccc2)c2cc(Cl)ccc2O)c1. The second-order valence-corrected chi connectivity index (χ2v) is 7.69. The van der Waals surface area contributed by atoms with Crippen molar-refractivity contribution < 1.29 is 10.2 Å². The maximum atomic E-state index is 10.5. The van der Waals surface area contributed by atoms with Crippen LogP contribution in [0.4, 0.5) is 11.4 Å². The molecule has 0 bridgehead atoms. The summed E-state index contributed by atoms with van der Waals surface area (Å²) in [6, 6.07) is 27.1. The summed E-state index contributed by atoms with van der Waals surface area (Å²) in [5.41, 5.74) is 4.57. The Morgan fingerprint density at radius 2 is 1.48 bits per heavy atom. The molecular weight excluding hydrogens is 432 g/mol. The number of para-hydroxylation sites is 2. The monoisotopic (exact) mass is 452 g/mol. The highest BCUT2D eigenvalue weighted by Crippen LogP contribution is 2.32. The molecular formula is C28H21ClN2O2. The minimum atomic E-state index is 0.0779. The molecule has 0 atom stereocenters. The normalized spacial score (nSPS) is 11.6. The fourth-order valence-electron chi connectivity index (χ4n) is 3.31. The minimum absolute atomic E-state index is 0.0779. The molecule has 0 saturated carbocycles. The number of hydrogen-bond acceptors (Lipinski definition) is 4. The van der Waals surface area contributed by atoms with E-state index in [0.717, 1.165) is 11.1 Å². The van der Waals surface area contributed by atoms with Crippen LogP contribution in [0.1, 0.15) is 22.3 Å². The highest BCUT2D eigenvalue weighted by atomic mass is 35.5. The summed E-state index contributed by atoms with van der Waals surface area (Å²) in [5, 5.41) is 21.2. The number of halogens is 1. The lowest BCUT2D eigenvalue weighted by Crippen LogP contribution is -2.03. The maximum Gasteiger partial charge on any atom is 0.125 e. The van der Waals surface area contributed by atoms with E-state index >= 15 is 0 Å². The Labute approximate surface area is 197 Å². The van der Waals surface area contributed by atoms with E-state index in [1.165, 1.54) is 0 Å². The van der Waals surface area contributed by atoms with Crippen molar-refractivity contribution in [2.24, 2.45) is 9.98 Å². The van der Waals surface area contributed by atoms with Crippen molar-refractivity contribution in [2.45, 2.75) is 0 Å². The van der Waals surface area contributed by atoms with Gasteiger partial charge in [-0.2, -0.15) is 0 Å². The van der Waals surface area contributed by atoms with Gasteiger partial charge >= 0.3 is 0 Å². The van der Waals surface area contributed by atoms with Crippen LogP contribution in [0.2, 0.25) is 5.02 Å². The van der Waals surface area contributed by atoms with Crippen molar-refractivity contribution in [1.29, 1.82) is 0 Å². The quantitative estimate of drug-likeness (QED) is 0.301. The smallest absolute Gasteiger partial charge is 0.125 e. The number of rotatable bonds is 6. The van der Waals surface area contributed by atoms with Crippen molar-refractivity contribution in [3.63, 3.8) is 0 Å². The van der Waals surface area contributed by atoms with E-state index in [1.807, 2.05) is 54.6 Å². The van der Waals surface area contributed by atoms with Crippen LogP contribution in [0.3, 0.4) is 0 Å². The van der Waals surface area contributed by atoms with Gasteiger partial charge in [-0.1, -0.05) is 72.8 Å². The molecule has 4 aromatic carbocycles. The van der Waals surface area contributed by atoms with Gasteiger partial charge in [-0.3, -0.25) is 4.99 Å². The molecule has 0 saturated heterocycles. The van der Waals surface area contributed by atoms with Gasteiger partial charge in [0.25, 0.3) is 0 Å². The molecule has 162 valence electrons. The molecule has 2 N–H and O–H groups in total. The van der Waals surface area contributed by atoms with Gasteiger partial charge in [0, 0.05) is 27.9 Å². The third kappa shape index (κ3) is 5.20. The minimum Gasteiger partial charge on any atom is -0.507 e. The molecule has 0 fully saturated rings. The Morgan fingerprint density at radius 1 is 0.788 bits per heavy atom. The second kappa shape index (κ2) is 9.98. The van der Waals surface area contributed by atoms with E-state index < -0.39 is 0 Å². The van der Waals surface area contributed by atoms with Crippen molar-refractivity contribution in [1.82, 2.24) is 0 Å². The average Bonchev–Trinajstić information content (AvgIpc) is 2.85. The first-order valence-electron chi connectivity index (χ1n) is 10.3. The molecule has 0 aromatic heterocycles.